The minimum absolute atomic E-state index is 0.133. The van der Waals surface area contributed by atoms with E-state index in [-0.39, 0.29) is 5.60 Å². The molecule has 5 nitrogen and oxygen atoms in total. The average Bonchev–Trinajstić information content (AvgIpc) is 2.75. The molecule has 1 aromatic heterocycles. The number of likely N-dealkylation sites (N-methyl/N-ethyl adjacent to an activating group) is 1. The highest BCUT2D eigenvalue weighted by molar-refractivity contribution is 5.04. The number of aromatic nitrogens is 1. The van der Waals surface area contributed by atoms with E-state index in [4.69, 9.17) is 9.47 Å². The van der Waals surface area contributed by atoms with E-state index in [2.05, 4.69) is 34.9 Å². The molecule has 2 fully saturated rings. The molecule has 0 radical (unpaired) electrons. The molecule has 0 aliphatic carbocycles. The third-order valence-corrected chi connectivity index (χ3v) is 4.45. The Kier molecular flexibility index (Phi) is 5.08. The van der Waals surface area contributed by atoms with Gasteiger partial charge in [0.15, 0.2) is 0 Å². The number of nitrogens with zero attached hydrogens (tertiary/aromatic N) is 3. The lowest BCUT2D eigenvalue weighted by Crippen LogP contribution is -2.45. The molecule has 5 heteroatoms. The molecule has 122 valence electrons. The molecule has 3 rings (SSSR count). The Morgan fingerprint density at radius 3 is 3.09 bits per heavy atom. The van der Waals surface area contributed by atoms with Gasteiger partial charge in [-0.15, -0.1) is 0 Å². The SMILES string of the molecule is CN(C)C[C@H]1CC[C@]2(COCCN(Cc3ccccn3)C2)O1. The molecule has 2 atom stereocenters. The van der Waals surface area contributed by atoms with E-state index in [0.29, 0.717) is 6.10 Å². The molecule has 0 N–H and O–H groups in total. The fourth-order valence-corrected chi connectivity index (χ4v) is 3.49. The largest absolute Gasteiger partial charge is 0.377 e. The van der Waals surface area contributed by atoms with Gasteiger partial charge in [-0.25, -0.2) is 0 Å². The summed E-state index contributed by atoms with van der Waals surface area (Å²) in [5.41, 5.74) is 0.980. The van der Waals surface area contributed by atoms with E-state index in [9.17, 15) is 0 Å². The third-order valence-electron chi connectivity index (χ3n) is 4.45. The normalized spacial score (nSPS) is 30.0. The minimum atomic E-state index is -0.133. The van der Waals surface area contributed by atoms with Gasteiger partial charge in [-0.05, 0) is 39.1 Å². The highest BCUT2D eigenvalue weighted by Crippen LogP contribution is 2.33. The summed E-state index contributed by atoms with van der Waals surface area (Å²) in [5.74, 6) is 0. The quantitative estimate of drug-likeness (QED) is 0.840. The van der Waals surface area contributed by atoms with Crippen molar-refractivity contribution in [1.82, 2.24) is 14.8 Å². The number of hydrogen-bond donors (Lipinski definition) is 0. The van der Waals surface area contributed by atoms with Crippen LogP contribution in [0.4, 0.5) is 0 Å². The van der Waals surface area contributed by atoms with E-state index >= 15 is 0 Å². The molecular weight excluding hydrogens is 278 g/mol. The second kappa shape index (κ2) is 7.04. The zero-order valence-corrected chi connectivity index (χ0v) is 13.7. The first kappa shape index (κ1) is 15.9. The van der Waals surface area contributed by atoms with Crippen molar-refractivity contribution in [1.29, 1.82) is 0 Å². The summed E-state index contributed by atoms with van der Waals surface area (Å²) in [6, 6.07) is 6.09. The Bertz CT molecular complexity index is 468. The number of hydrogen-bond acceptors (Lipinski definition) is 5. The lowest BCUT2D eigenvalue weighted by molar-refractivity contribution is -0.0902. The molecule has 0 aromatic carbocycles. The van der Waals surface area contributed by atoms with E-state index < -0.39 is 0 Å². The van der Waals surface area contributed by atoms with Gasteiger partial charge in [-0.2, -0.15) is 0 Å². The summed E-state index contributed by atoms with van der Waals surface area (Å²) in [4.78, 5) is 9.07. The van der Waals surface area contributed by atoms with Gasteiger partial charge < -0.3 is 14.4 Å². The van der Waals surface area contributed by atoms with Crippen LogP contribution in [-0.2, 0) is 16.0 Å². The Balaban J connectivity index is 1.63. The Morgan fingerprint density at radius 1 is 1.41 bits per heavy atom. The Labute approximate surface area is 133 Å². The fourth-order valence-electron chi connectivity index (χ4n) is 3.49. The van der Waals surface area contributed by atoms with Crippen molar-refractivity contribution in [3.05, 3.63) is 30.1 Å². The molecule has 0 saturated carbocycles. The monoisotopic (exact) mass is 305 g/mol. The van der Waals surface area contributed by atoms with E-state index in [1.807, 2.05) is 18.3 Å². The second-order valence-electron chi connectivity index (χ2n) is 6.81. The van der Waals surface area contributed by atoms with E-state index in [0.717, 1.165) is 57.9 Å². The summed E-state index contributed by atoms with van der Waals surface area (Å²) in [6.45, 7) is 5.23. The highest BCUT2D eigenvalue weighted by Gasteiger charge is 2.43. The maximum atomic E-state index is 6.42. The molecule has 1 aromatic rings. The van der Waals surface area contributed by atoms with Crippen LogP contribution in [0.3, 0.4) is 0 Å². The molecular formula is C17H27N3O2. The van der Waals surface area contributed by atoms with Crippen molar-refractivity contribution >= 4 is 0 Å². The molecule has 0 amide bonds. The highest BCUT2D eigenvalue weighted by atomic mass is 16.6. The lowest BCUT2D eigenvalue weighted by atomic mass is 10.00. The molecule has 3 heterocycles. The van der Waals surface area contributed by atoms with Gasteiger partial charge in [-0.3, -0.25) is 9.88 Å². The summed E-state index contributed by atoms with van der Waals surface area (Å²) in [5, 5.41) is 0. The predicted octanol–water partition coefficient (Wildman–Crippen LogP) is 1.39. The molecule has 2 aliphatic rings. The van der Waals surface area contributed by atoms with Gasteiger partial charge >= 0.3 is 0 Å². The van der Waals surface area contributed by atoms with Crippen molar-refractivity contribution in [3.63, 3.8) is 0 Å². The average molecular weight is 305 g/mol. The van der Waals surface area contributed by atoms with Gasteiger partial charge in [0.05, 0.1) is 25.0 Å². The second-order valence-corrected chi connectivity index (χ2v) is 6.81. The van der Waals surface area contributed by atoms with Crippen molar-refractivity contribution in [3.8, 4) is 0 Å². The molecule has 0 unspecified atom stereocenters. The number of pyridine rings is 1. The Morgan fingerprint density at radius 2 is 2.32 bits per heavy atom. The van der Waals surface area contributed by atoms with Gasteiger partial charge in [0.2, 0.25) is 0 Å². The molecule has 2 aliphatic heterocycles. The smallest absolute Gasteiger partial charge is 0.105 e. The van der Waals surface area contributed by atoms with E-state index in [1.54, 1.807) is 0 Å². The number of ether oxygens (including phenoxy) is 2. The molecule has 1 spiro atoms. The van der Waals surface area contributed by atoms with Crippen molar-refractivity contribution in [2.45, 2.75) is 31.1 Å². The van der Waals surface area contributed by atoms with Crippen LogP contribution in [0.5, 0.6) is 0 Å². The van der Waals surface area contributed by atoms with Crippen LogP contribution in [0.2, 0.25) is 0 Å². The zero-order valence-electron chi connectivity index (χ0n) is 13.7. The van der Waals surface area contributed by atoms with Crippen LogP contribution in [0.1, 0.15) is 18.5 Å². The third kappa shape index (κ3) is 4.04. The molecule has 22 heavy (non-hydrogen) atoms. The molecule has 0 bridgehead atoms. The first-order valence-electron chi connectivity index (χ1n) is 8.18. The Hall–Kier alpha value is -1.01. The van der Waals surface area contributed by atoms with Gasteiger partial charge in [0.1, 0.15) is 5.60 Å². The van der Waals surface area contributed by atoms with Crippen molar-refractivity contribution in [2.24, 2.45) is 0 Å². The minimum Gasteiger partial charge on any atom is -0.377 e. The van der Waals surface area contributed by atoms with Crippen LogP contribution in [0, 0.1) is 0 Å². The maximum Gasteiger partial charge on any atom is 0.105 e. The molecule has 2 saturated heterocycles. The first-order chi connectivity index (χ1) is 10.7. The standard InChI is InChI=1S/C17H27N3O2/c1-19(2)12-16-6-7-17(22-16)13-20(9-10-21-14-17)11-15-5-3-4-8-18-15/h3-5,8,16H,6-7,9-14H2,1-2H3/t16-,17+/m1/s1. The van der Waals surface area contributed by atoms with Gasteiger partial charge in [0, 0.05) is 32.4 Å². The summed E-state index contributed by atoms with van der Waals surface area (Å²) < 4.78 is 12.3. The van der Waals surface area contributed by atoms with Crippen molar-refractivity contribution < 1.29 is 9.47 Å². The van der Waals surface area contributed by atoms with Crippen LogP contribution in [0.25, 0.3) is 0 Å². The van der Waals surface area contributed by atoms with Crippen LogP contribution in [-0.4, -0.2) is 73.4 Å². The van der Waals surface area contributed by atoms with Gasteiger partial charge in [-0.1, -0.05) is 6.07 Å². The summed E-state index contributed by atoms with van der Waals surface area (Å²) >= 11 is 0. The van der Waals surface area contributed by atoms with E-state index in [1.165, 1.54) is 0 Å². The van der Waals surface area contributed by atoms with Crippen LogP contribution >= 0.6 is 0 Å². The summed E-state index contributed by atoms with van der Waals surface area (Å²) in [6.07, 6.45) is 4.40. The van der Waals surface area contributed by atoms with Crippen molar-refractivity contribution in [2.75, 3.05) is 46.9 Å². The van der Waals surface area contributed by atoms with Crippen LogP contribution in [0.15, 0.2) is 24.4 Å². The van der Waals surface area contributed by atoms with Gasteiger partial charge in [0.25, 0.3) is 0 Å². The zero-order chi connectivity index (χ0) is 15.4. The predicted molar refractivity (Wildman–Crippen MR) is 85.7 cm³/mol. The lowest BCUT2D eigenvalue weighted by Gasteiger charge is -2.32. The maximum absolute atomic E-state index is 6.42. The topological polar surface area (TPSA) is 37.8 Å². The summed E-state index contributed by atoms with van der Waals surface area (Å²) in [7, 11) is 4.21. The number of rotatable bonds is 4. The first-order valence-corrected chi connectivity index (χ1v) is 8.18. The van der Waals surface area contributed by atoms with Crippen LogP contribution < -0.4 is 0 Å². The fraction of sp³-hybridized carbons (Fsp3) is 0.706.